The van der Waals surface area contributed by atoms with Gasteiger partial charge < -0.3 is 11.5 Å². The highest BCUT2D eigenvalue weighted by atomic mass is 19.4. The van der Waals surface area contributed by atoms with E-state index >= 15 is 0 Å². The number of rotatable bonds is 3. The molecule has 3 aromatic carbocycles. The number of halogens is 3. The first-order chi connectivity index (χ1) is 11.9. The average Bonchev–Trinajstić information content (AvgIpc) is 2.58. The van der Waals surface area contributed by atoms with E-state index in [1.54, 1.807) is 24.3 Å². The van der Waals surface area contributed by atoms with Crippen LogP contribution in [0.4, 0.5) is 24.5 Å². The minimum Gasteiger partial charge on any atom is -0.399 e. The lowest BCUT2D eigenvalue weighted by Crippen LogP contribution is -2.14. The summed E-state index contributed by atoms with van der Waals surface area (Å²) in [5.41, 5.74) is 12.9. The third-order valence-electron chi connectivity index (χ3n) is 4.10. The Kier molecular flexibility index (Phi) is 4.40. The van der Waals surface area contributed by atoms with Crippen molar-refractivity contribution in [1.29, 1.82) is 0 Å². The molecule has 128 valence electrons. The minimum atomic E-state index is -4.49. The van der Waals surface area contributed by atoms with Crippen molar-refractivity contribution >= 4 is 11.4 Å². The molecule has 0 aliphatic carbocycles. The molecule has 2 nitrogen and oxygen atoms in total. The third kappa shape index (κ3) is 3.60. The number of alkyl halides is 3. The van der Waals surface area contributed by atoms with Crippen LogP contribution in [0.1, 0.15) is 28.2 Å². The van der Waals surface area contributed by atoms with Gasteiger partial charge in [-0.05, 0) is 41.0 Å². The lowest BCUT2D eigenvalue weighted by atomic mass is 9.82. The molecule has 0 heterocycles. The Morgan fingerprint density at radius 3 is 1.84 bits per heavy atom. The molecule has 0 bridgehead atoms. The van der Waals surface area contributed by atoms with E-state index in [1.165, 1.54) is 12.1 Å². The highest BCUT2D eigenvalue weighted by Crippen LogP contribution is 2.41. The van der Waals surface area contributed by atoms with Crippen LogP contribution < -0.4 is 11.5 Å². The summed E-state index contributed by atoms with van der Waals surface area (Å²) in [6, 6.07) is 19.9. The number of nitrogen functional groups attached to an aromatic ring is 2. The van der Waals surface area contributed by atoms with Gasteiger partial charge in [-0.25, -0.2) is 0 Å². The normalized spacial score (nSPS) is 12.8. The molecule has 0 aliphatic heterocycles. The fourth-order valence-electron chi connectivity index (χ4n) is 2.96. The molecule has 0 aromatic heterocycles. The van der Waals surface area contributed by atoms with Crippen molar-refractivity contribution in [2.24, 2.45) is 0 Å². The zero-order valence-electron chi connectivity index (χ0n) is 13.3. The van der Waals surface area contributed by atoms with E-state index in [2.05, 4.69) is 0 Å². The second-order valence-corrected chi connectivity index (χ2v) is 5.85. The van der Waals surface area contributed by atoms with Gasteiger partial charge in [-0.15, -0.1) is 0 Å². The standard InChI is InChI=1S/C20H17F3N2/c21-20(22,23)18-12-16(25)10-11-17(18)19(13-4-2-1-3-5-13)14-6-8-15(24)9-7-14/h1-12,19H,24-25H2. The molecule has 0 radical (unpaired) electrons. The van der Waals surface area contributed by atoms with Crippen molar-refractivity contribution in [2.45, 2.75) is 12.1 Å². The van der Waals surface area contributed by atoms with Gasteiger partial charge in [0.15, 0.2) is 0 Å². The average molecular weight is 342 g/mol. The summed E-state index contributed by atoms with van der Waals surface area (Å²) in [7, 11) is 0. The van der Waals surface area contributed by atoms with Crippen LogP contribution in [0.25, 0.3) is 0 Å². The Hall–Kier alpha value is -2.95. The van der Waals surface area contributed by atoms with E-state index < -0.39 is 17.7 Å². The molecule has 3 aromatic rings. The topological polar surface area (TPSA) is 52.0 Å². The van der Waals surface area contributed by atoms with Gasteiger partial charge in [-0.3, -0.25) is 0 Å². The van der Waals surface area contributed by atoms with Gasteiger partial charge in [0, 0.05) is 17.3 Å². The maximum Gasteiger partial charge on any atom is 0.416 e. The maximum atomic E-state index is 13.6. The quantitative estimate of drug-likeness (QED) is 0.517. The molecule has 3 rings (SSSR count). The van der Waals surface area contributed by atoms with Crippen molar-refractivity contribution in [3.05, 3.63) is 95.1 Å². The van der Waals surface area contributed by atoms with Gasteiger partial charge >= 0.3 is 6.18 Å². The second kappa shape index (κ2) is 6.51. The Labute approximate surface area is 143 Å². The number of hydrogen-bond donors (Lipinski definition) is 2. The lowest BCUT2D eigenvalue weighted by Gasteiger charge is -2.23. The molecule has 0 fully saturated rings. The summed E-state index contributed by atoms with van der Waals surface area (Å²) in [6.45, 7) is 0. The summed E-state index contributed by atoms with van der Waals surface area (Å²) in [5.74, 6) is -0.570. The van der Waals surface area contributed by atoms with Crippen LogP contribution in [0, 0.1) is 0 Å². The Bertz CT molecular complexity index is 856. The molecule has 4 N–H and O–H groups in total. The Balaban J connectivity index is 2.25. The van der Waals surface area contributed by atoms with Crippen LogP contribution in [0.5, 0.6) is 0 Å². The molecule has 5 heteroatoms. The van der Waals surface area contributed by atoms with Crippen LogP contribution in [0.15, 0.2) is 72.8 Å². The monoisotopic (exact) mass is 342 g/mol. The largest absolute Gasteiger partial charge is 0.416 e. The van der Waals surface area contributed by atoms with Crippen molar-refractivity contribution in [3.63, 3.8) is 0 Å². The van der Waals surface area contributed by atoms with E-state index in [0.717, 1.165) is 17.2 Å². The predicted molar refractivity (Wildman–Crippen MR) is 94.1 cm³/mol. The summed E-state index contributed by atoms with van der Waals surface area (Å²) >= 11 is 0. The first-order valence-electron chi connectivity index (χ1n) is 7.73. The lowest BCUT2D eigenvalue weighted by molar-refractivity contribution is -0.138. The molecule has 1 atom stereocenters. The first-order valence-corrected chi connectivity index (χ1v) is 7.73. The van der Waals surface area contributed by atoms with Gasteiger partial charge in [0.1, 0.15) is 0 Å². The van der Waals surface area contributed by atoms with Crippen molar-refractivity contribution < 1.29 is 13.2 Å². The van der Waals surface area contributed by atoms with Crippen LogP contribution in [-0.4, -0.2) is 0 Å². The van der Waals surface area contributed by atoms with Crippen molar-refractivity contribution in [1.82, 2.24) is 0 Å². The fraction of sp³-hybridized carbons (Fsp3) is 0.100. The molecule has 1 unspecified atom stereocenters. The van der Waals surface area contributed by atoms with E-state index in [0.29, 0.717) is 5.69 Å². The van der Waals surface area contributed by atoms with E-state index in [4.69, 9.17) is 11.5 Å². The van der Waals surface area contributed by atoms with Gasteiger partial charge in [0.25, 0.3) is 0 Å². The van der Waals surface area contributed by atoms with E-state index in [1.807, 2.05) is 30.3 Å². The highest BCUT2D eigenvalue weighted by molar-refractivity contribution is 5.54. The van der Waals surface area contributed by atoms with Gasteiger partial charge in [0.05, 0.1) is 5.56 Å². The van der Waals surface area contributed by atoms with Crippen molar-refractivity contribution in [2.75, 3.05) is 11.5 Å². The molecule has 0 saturated heterocycles. The minimum absolute atomic E-state index is 0.0835. The summed E-state index contributed by atoms with van der Waals surface area (Å²) in [6.07, 6.45) is -4.49. The number of nitrogens with two attached hydrogens (primary N) is 2. The SMILES string of the molecule is Nc1ccc(C(c2ccccc2)c2ccc(N)cc2C(F)(F)F)cc1. The number of anilines is 2. The second-order valence-electron chi connectivity index (χ2n) is 5.85. The van der Waals surface area contributed by atoms with Crippen molar-refractivity contribution in [3.8, 4) is 0 Å². The highest BCUT2D eigenvalue weighted by Gasteiger charge is 2.36. The first kappa shape index (κ1) is 16.9. The zero-order valence-corrected chi connectivity index (χ0v) is 13.3. The Morgan fingerprint density at radius 1 is 0.680 bits per heavy atom. The third-order valence-corrected chi connectivity index (χ3v) is 4.10. The summed E-state index contributed by atoms with van der Waals surface area (Å²) in [5, 5.41) is 0. The van der Waals surface area contributed by atoms with Crippen LogP contribution in [0.3, 0.4) is 0 Å². The van der Waals surface area contributed by atoms with Crippen LogP contribution in [0.2, 0.25) is 0 Å². The van der Waals surface area contributed by atoms with E-state index in [9.17, 15) is 13.2 Å². The maximum absolute atomic E-state index is 13.6. The molecule has 25 heavy (non-hydrogen) atoms. The smallest absolute Gasteiger partial charge is 0.399 e. The molecule has 0 spiro atoms. The molecule has 0 amide bonds. The Morgan fingerprint density at radius 2 is 1.24 bits per heavy atom. The summed E-state index contributed by atoms with van der Waals surface area (Å²) < 4.78 is 40.8. The zero-order chi connectivity index (χ0) is 18.0. The number of hydrogen-bond acceptors (Lipinski definition) is 2. The van der Waals surface area contributed by atoms with E-state index in [-0.39, 0.29) is 11.3 Å². The van der Waals surface area contributed by atoms with Gasteiger partial charge in [-0.1, -0.05) is 48.5 Å². The molecular formula is C20H17F3N2. The van der Waals surface area contributed by atoms with Gasteiger partial charge in [-0.2, -0.15) is 13.2 Å². The van der Waals surface area contributed by atoms with Gasteiger partial charge in [0.2, 0.25) is 0 Å². The fourth-order valence-corrected chi connectivity index (χ4v) is 2.96. The summed E-state index contributed by atoms with van der Waals surface area (Å²) in [4.78, 5) is 0. The predicted octanol–water partition coefficient (Wildman–Crippen LogP) is 5.05. The molecule has 0 aliphatic rings. The molecular weight excluding hydrogens is 325 g/mol. The number of benzene rings is 3. The molecule has 0 saturated carbocycles. The van der Waals surface area contributed by atoms with Crippen LogP contribution in [-0.2, 0) is 6.18 Å². The van der Waals surface area contributed by atoms with Crippen LogP contribution >= 0.6 is 0 Å².